The van der Waals surface area contributed by atoms with Crippen LogP contribution in [-0.4, -0.2) is 4.98 Å². The molecular formula is C23H15F2NS. The minimum atomic E-state index is -0.830. The average Bonchev–Trinajstić information content (AvgIpc) is 3.08. The van der Waals surface area contributed by atoms with Crippen LogP contribution in [0.2, 0.25) is 0 Å². The van der Waals surface area contributed by atoms with Crippen LogP contribution in [0.1, 0.15) is 21.6 Å². The maximum absolute atomic E-state index is 13.4. The molecule has 2 aromatic carbocycles. The van der Waals surface area contributed by atoms with E-state index in [1.165, 1.54) is 11.6 Å². The Balaban J connectivity index is 1.52. The molecule has 4 heteroatoms. The van der Waals surface area contributed by atoms with Gasteiger partial charge in [-0.15, -0.1) is 11.3 Å². The van der Waals surface area contributed by atoms with Crippen molar-refractivity contribution in [3.63, 3.8) is 0 Å². The second-order valence-electron chi connectivity index (χ2n) is 6.24. The highest BCUT2D eigenvalue weighted by Crippen LogP contribution is 2.25. The van der Waals surface area contributed by atoms with E-state index in [4.69, 9.17) is 0 Å². The summed E-state index contributed by atoms with van der Waals surface area (Å²) in [5, 5.41) is 1.02. The first-order valence-corrected chi connectivity index (χ1v) is 9.34. The summed E-state index contributed by atoms with van der Waals surface area (Å²) in [4.78, 5) is 6.38. The highest BCUT2D eigenvalue weighted by Gasteiger charge is 2.06. The first-order valence-electron chi connectivity index (χ1n) is 8.52. The number of rotatable bonds is 3. The van der Waals surface area contributed by atoms with Gasteiger partial charge in [-0.05, 0) is 47.4 Å². The predicted molar refractivity (Wildman–Crippen MR) is 106 cm³/mol. The lowest BCUT2D eigenvalue weighted by Crippen LogP contribution is -1.92. The van der Waals surface area contributed by atoms with Crippen LogP contribution in [0.5, 0.6) is 0 Å². The third-order valence-corrected chi connectivity index (χ3v) is 5.14. The van der Waals surface area contributed by atoms with Crippen LogP contribution in [0.25, 0.3) is 10.2 Å². The molecule has 0 unspecified atom stereocenters. The van der Waals surface area contributed by atoms with Crippen LogP contribution < -0.4 is 0 Å². The molecule has 0 saturated heterocycles. The summed E-state index contributed by atoms with van der Waals surface area (Å²) >= 11 is 1.56. The molecule has 0 radical (unpaired) electrons. The van der Waals surface area contributed by atoms with Crippen molar-refractivity contribution in [3.8, 4) is 11.8 Å². The monoisotopic (exact) mass is 375 g/mol. The van der Waals surface area contributed by atoms with Crippen molar-refractivity contribution in [2.24, 2.45) is 0 Å². The van der Waals surface area contributed by atoms with E-state index in [1.807, 2.05) is 30.3 Å². The summed E-state index contributed by atoms with van der Waals surface area (Å²) in [6.07, 6.45) is 3.00. The molecule has 0 fully saturated rings. The Labute approximate surface area is 160 Å². The smallest absolute Gasteiger partial charge is 0.159 e. The normalized spacial score (nSPS) is 10.6. The van der Waals surface area contributed by atoms with E-state index in [0.717, 1.165) is 26.7 Å². The van der Waals surface area contributed by atoms with Crippen LogP contribution in [0.3, 0.4) is 0 Å². The number of benzene rings is 2. The Morgan fingerprint density at radius 1 is 0.852 bits per heavy atom. The molecule has 0 spiro atoms. The zero-order valence-corrected chi connectivity index (χ0v) is 15.2. The minimum Gasteiger partial charge on any atom is -0.245 e. The number of fused-ring (bicyclic) bond motifs is 1. The van der Waals surface area contributed by atoms with Gasteiger partial charge in [-0.3, -0.25) is 0 Å². The van der Waals surface area contributed by atoms with Crippen molar-refractivity contribution < 1.29 is 8.78 Å². The summed E-state index contributed by atoms with van der Waals surface area (Å²) in [5.74, 6) is 4.75. The largest absolute Gasteiger partial charge is 0.245 e. The summed E-state index contributed by atoms with van der Waals surface area (Å²) in [7, 11) is 0. The van der Waals surface area contributed by atoms with E-state index < -0.39 is 11.6 Å². The summed E-state index contributed by atoms with van der Waals surface area (Å²) in [6.45, 7) is 0. The zero-order valence-electron chi connectivity index (χ0n) is 14.4. The van der Waals surface area contributed by atoms with Crippen LogP contribution in [0.4, 0.5) is 8.78 Å². The van der Waals surface area contributed by atoms with Crippen LogP contribution in [0, 0.1) is 23.5 Å². The molecule has 0 aliphatic heterocycles. The van der Waals surface area contributed by atoms with Crippen molar-refractivity contribution in [1.29, 1.82) is 0 Å². The molecule has 2 heterocycles. The second kappa shape index (κ2) is 7.69. The molecule has 0 aliphatic carbocycles. The quantitative estimate of drug-likeness (QED) is 0.415. The van der Waals surface area contributed by atoms with E-state index >= 15 is 0 Å². The molecule has 4 rings (SSSR count). The van der Waals surface area contributed by atoms with Gasteiger partial charge >= 0.3 is 0 Å². The fourth-order valence-corrected chi connectivity index (χ4v) is 3.71. The maximum Gasteiger partial charge on any atom is 0.159 e. The van der Waals surface area contributed by atoms with Gasteiger partial charge in [-0.2, -0.15) is 0 Å². The van der Waals surface area contributed by atoms with E-state index in [-0.39, 0.29) is 0 Å². The van der Waals surface area contributed by atoms with Gasteiger partial charge in [0.15, 0.2) is 11.6 Å². The van der Waals surface area contributed by atoms with Gasteiger partial charge < -0.3 is 0 Å². The van der Waals surface area contributed by atoms with Crippen molar-refractivity contribution in [1.82, 2.24) is 4.98 Å². The van der Waals surface area contributed by atoms with Crippen molar-refractivity contribution in [2.75, 3.05) is 0 Å². The van der Waals surface area contributed by atoms with E-state index in [9.17, 15) is 8.78 Å². The lowest BCUT2D eigenvalue weighted by atomic mass is 10.1. The van der Waals surface area contributed by atoms with E-state index in [2.05, 4.69) is 29.0 Å². The van der Waals surface area contributed by atoms with Gasteiger partial charge in [0.2, 0.25) is 0 Å². The topological polar surface area (TPSA) is 12.9 Å². The Hall–Kier alpha value is -3.03. The number of thiophene rings is 1. The molecule has 0 N–H and O–H groups in total. The number of hydrogen-bond donors (Lipinski definition) is 0. The van der Waals surface area contributed by atoms with Gasteiger partial charge in [-0.1, -0.05) is 48.2 Å². The van der Waals surface area contributed by atoms with Crippen LogP contribution >= 0.6 is 11.3 Å². The molecule has 2 aromatic heterocycles. The molecule has 132 valence electrons. The predicted octanol–water partition coefficient (Wildman–Crippen LogP) is 5.76. The fraction of sp³-hybridized carbons (Fsp3) is 0.0870. The Morgan fingerprint density at radius 2 is 1.70 bits per heavy atom. The summed E-state index contributed by atoms with van der Waals surface area (Å²) in [5.41, 5.74) is 2.86. The molecule has 0 amide bonds. The van der Waals surface area contributed by atoms with Crippen molar-refractivity contribution in [3.05, 3.63) is 100 Å². The molecule has 0 saturated carbocycles. The van der Waals surface area contributed by atoms with Crippen molar-refractivity contribution >= 4 is 21.6 Å². The van der Waals surface area contributed by atoms with Crippen LogP contribution in [-0.2, 0) is 12.8 Å². The van der Waals surface area contributed by atoms with Crippen LogP contribution in [0.15, 0.2) is 66.9 Å². The SMILES string of the molecule is Fc1ccc(Cc2cnc3sc(C#CCc4ccccc4)cc3c2)cc1F. The summed E-state index contributed by atoms with van der Waals surface area (Å²) < 4.78 is 26.4. The minimum absolute atomic E-state index is 0.505. The van der Waals surface area contributed by atoms with E-state index in [1.54, 1.807) is 23.6 Å². The third-order valence-electron chi connectivity index (χ3n) is 4.17. The summed E-state index contributed by atoms with van der Waals surface area (Å²) in [6, 6.07) is 18.2. The van der Waals surface area contributed by atoms with Gasteiger partial charge in [0, 0.05) is 18.0 Å². The molecule has 1 nitrogen and oxygen atoms in total. The number of pyridine rings is 1. The molecular weight excluding hydrogens is 360 g/mol. The average molecular weight is 375 g/mol. The first-order chi connectivity index (χ1) is 13.2. The lowest BCUT2D eigenvalue weighted by molar-refractivity contribution is 0.507. The highest BCUT2D eigenvalue weighted by atomic mass is 32.1. The van der Waals surface area contributed by atoms with Crippen molar-refractivity contribution in [2.45, 2.75) is 12.8 Å². The van der Waals surface area contributed by atoms with Gasteiger partial charge in [0.25, 0.3) is 0 Å². The molecule has 0 aliphatic rings. The Bertz CT molecular complexity index is 1150. The zero-order chi connectivity index (χ0) is 18.6. The fourth-order valence-electron chi connectivity index (χ4n) is 2.85. The molecule has 0 atom stereocenters. The van der Waals surface area contributed by atoms with Gasteiger partial charge in [0.1, 0.15) is 4.83 Å². The molecule has 27 heavy (non-hydrogen) atoms. The molecule has 0 bridgehead atoms. The van der Waals surface area contributed by atoms with E-state index in [0.29, 0.717) is 18.4 Å². The Morgan fingerprint density at radius 3 is 2.52 bits per heavy atom. The number of nitrogens with zero attached hydrogens (tertiary/aromatic N) is 1. The standard InChI is InChI=1S/C23H15F2NS/c24-21-10-9-17(13-22(21)25)11-18-12-19-14-20(27-23(19)26-15-18)8-4-7-16-5-2-1-3-6-16/h1-3,5-6,9-10,12-15H,7,11H2. The number of hydrogen-bond acceptors (Lipinski definition) is 2. The van der Waals surface area contributed by atoms with Gasteiger partial charge in [0.05, 0.1) is 4.88 Å². The third kappa shape index (κ3) is 4.21. The molecule has 4 aromatic rings. The first kappa shape index (κ1) is 17.4. The second-order valence-corrected chi connectivity index (χ2v) is 7.27. The lowest BCUT2D eigenvalue weighted by Gasteiger charge is -2.02. The maximum atomic E-state index is 13.4. The number of halogens is 2. The number of aromatic nitrogens is 1. The van der Waals surface area contributed by atoms with Gasteiger partial charge in [-0.25, -0.2) is 13.8 Å². The highest BCUT2D eigenvalue weighted by molar-refractivity contribution is 7.19. The Kier molecular flexibility index (Phi) is 4.95.